The molecular formula is C25H47NO2. The highest BCUT2D eigenvalue weighted by Crippen LogP contribution is 2.07. The Bertz CT molecular complexity index is 377. The van der Waals surface area contributed by atoms with Crippen molar-refractivity contribution in [3.8, 4) is 0 Å². The van der Waals surface area contributed by atoms with Crippen LogP contribution in [0.3, 0.4) is 0 Å². The molecule has 3 nitrogen and oxygen atoms in total. The largest absolute Gasteiger partial charge is 0.394 e. The van der Waals surface area contributed by atoms with Crippen LogP contribution in [0.4, 0.5) is 0 Å². The average molecular weight is 394 g/mol. The third kappa shape index (κ3) is 24.7. The molecule has 0 rings (SSSR count). The third-order valence-electron chi connectivity index (χ3n) is 4.35. The fourth-order valence-electron chi connectivity index (χ4n) is 2.52. The molecule has 1 unspecified atom stereocenters. The van der Waals surface area contributed by atoms with Crippen LogP contribution < -0.4 is 5.32 Å². The van der Waals surface area contributed by atoms with Crippen molar-refractivity contribution in [2.45, 2.75) is 111 Å². The summed E-state index contributed by atoms with van der Waals surface area (Å²) in [6.45, 7) is 8.52. The molecule has 0 aromatic heterocycles. The number of carbonyl (C=O) groups excluding carboxylic acids is 1. The summed E-state index contributed by atoms with van der Waals surface area (Å²) in [5.74, 6) is 0.0800. The first-order valence-corrected chi connectivity index (χ1v) is 11.5. The van der Waals surface area contributed by atoms with Crippen LogP contribution in [0, 0.1) is 0 Å². The maximum absolute atomic E-state index is 11.4. The molecule has 164 valence electrons. The Labute approximate surface area is 175 Å². The van der Waals surface area contributed by atoms with Gasteiger partial charge < -0.3 is 10.4 Å². The molecule has 0 radical (unpaired) electrons. The Morgan fingerprint density at radius 2 is 1.29 bits per heavy atom. The van der Waals surface area contributed by atoms with Crippen molar-refractivity contribution in [2.75, 3.05) is 6.61 Å². The first-order valence-electron chi connectivity index (χ1n) is 11.5. The SMILES string of the molecule is CC/C=C\C/C=C\C/C=C\CC.CCCCCCCCC(=O)NC(CC)CO. The van der Waals surface area contributed by atoms with Crippen LogP contribution in [0.15, 0.2) is 36.5 Å². The van der Waals surface area contributed by atoms with E-state index in [0.29, 0.717) is 6.42 Å². The molecule has 1 atom stereocenters. The number of rotatable bonds is 16. The molecule has 28 heavy (non-hydrogen) atoms. The van der Waals surface area contributed by atoms with Gasteiger partial charge in [-0.3, -0.25) is 4.79 Å². The summed E-state index contributed by atoms with van der Waals surface area (Å²) in [7, 11) is 0. The van der Waals surface area contributed by atoms with Gasteiger partial charge in [0.25, 0.3) is 0 Å². The number of allylic oxidation sites excluding steroid dienone is 6. The topological polar surface area (TPSA) is 49.3 Å². The van der Waals surface area contributed by atoms with E-state index in [1.165, 1.54) is 25.7 Å². The van der Waals surface area contributed by atoms with E-state index in [9.17, 15) is 4.79 Å². The molecular weight excluding hydrogens is 346 g/mol. The Balaban J connectivity index is 0. The van der Waals surface area contributed by atoms with Gasteiger partial charge in [-0.05, 0) is 38.5 Å². The van der Waals surface area contributed by atoms with Gasteiger partial charge in [0.15, 0.2) is 0 Å². The molecule has 0 spiro atoms. The van der Waals surface area contributed by atoms with Crippen LogP contribution in [0.1, 0.15) is 105 Å². The lowest BCUT2D eigenvalue weighted by Gasteiger charge is -2.13. The van der Waals surface area contributed by atoms with Crippen molar-refractivity contribution in [3.63, 3.8) is 0 Å². The van der Waals surface area contributed by atoms with Gasteiger partial charge in [0.1, 0.15) is 0 Å². The summed E-state index contributed by atoms with van der Waals surface area (Å²) < 4.78 is 0. The molecule has 0 aliphatic heterocycles. The Morgan fingerprint density at radius 1 is 0.786 bits per heavy atom. The molecule has 2 N–H and O–H groups in total. The molecule has 0 aliphatic rings. The molecule has 1 amide bonds. The van der Waals surface area contributed by atoms with E-state index in [0.717, 1.165) is 44.9 Å². The van der Waals surface area contributed by atoms with Gasteiger partial charge in [-0.25, -0.2) is 0 Å². The fraction of sp³-hybridized carbons (Fsp3) is 0.720. The van der Waals surface area contributed by atoms with Crippen molar-refractivity contribution in [1.82, 2.24) is 5.32 Å². The smallest absolute Gasteiger partial charge is 0.220 e. The second-order valence-electron chi connectivity index (χ2n) is 7.08. The molecule has 0 saturated heterocycles. The average Bonchev–Trinajstić information content (AvgIpc) is 2.71. The summed E-state index contributed by atoms with van der Waals surface area (Å²) in [4.78, 5) is 11.4. The lowest BCUT2D eigenvalue weighted by atomic mass is 10.1. The number of aliphatic hydroxyl groups excluding tert-OH is 1. The van der Waals surface area contributed by atoms with Gasteiger partial charge >= 0.3 is 0 Å². The van der Waals surface area contributed by atoms with Crippen molar-refractivity contribution in [2.24, 2.45) is 0 Å². The zero-order valence-electron chi connectivity index (χ0n) is 19.1. The second-order valence-corrected chi connectivity index (χ2v) is 7.08. The summed E-state index contributed by atoms with van der Waals surface area (Å²) >= 11 is 0. The highest BCUT2D eigenvalue weighted by Gasteiger charge is 2.08. The Morgan fingerprint density at radius 3 is 1.75 bits per heavy atom. The quantitative estimate of drug-likeness (QED) is 0.222. The van der Waals surface area contributed by atoms with Gasteiger partial charge in [-0.2, -0.15) is 0 Å². The maximum Gasteiger partial charge on any atom is 0.220 e. The monoisotopic (exact) mass is 393 g/mol. The molecule has 0 aromatic carbocycles. The van der Waals surface area contributed by atoms with Gasteiger partial charge in [0.05, 0.1) is 12.6 Å². The number of aliphatic hydroxyl groups is 1. The highest BCUT2D eigenvalue weighted by atomic mass is 16.3. The van der Waals surface area contributed by atoms with Gasteiger partial charge in [-0.15, -0.1) is 0 Å². The van der Waals surface area contributed by atoms with Crippen molar-refractivity contribution in [1.29, 1.82) is 0 Å². The normalized spacial score (nSPS) is 12.5. The van der Waals surface area contributed by atoms with E-state index in [2.05, 4.69) is 62.5 Å². The van der Waals surface area contributed by atoms with E-state index in [1.54, 1.807) is 0 Å². The van der Waals surface area contributed by atoms with Crippen LogP contribution in [-0.2, 0) is 4.79 Å². The van der Waals surface area contributed by atoms with E-state index in [4.69, 9.17) is 5.11 Å². The van der Waals surface area contributed by atoms with Gasteiger partial charge in [0.2, 0.25) is 5.91 Å². The van der Waals surface area contributed by atoms with Crippen LogP contribution in [0.5, 0.6) is 0 Å². The first-order chi connectivity index (χ1) is 13.7. The molecule has 3 heteroatoms. The molecule has 0 fully saturated rings. The van der Waals surface area contributed by atoms with Crippen molar-refractivity contribution in [3.05, 3.63) is 36.5 Å². The van der Waals surface area contributed by atoms with E-state index in [1.807, 2.05) is 6.92 Å². The van der Waals surface area contributed by atoms with Gasteiger partial charge in [0, 0.05) is 6.42 Å². The number of amides is 1. The molecule has 0 aromatic rings. The van der Waals surface area contributed by atoms with Crippen LogP contribution >= 0.6 is 0 Å². The predicted octanol–water partition coefficient (Wildman–Crippen LogP) is 6.88. The Kier molecular flexibility index (Phi) is 26.4. The summed E-state index contributed by atoms with van der Waals surface area (Å²) in [6, 6.07) is -0.0624. The summed E-state index contributed by atoms with van der Waals surface area (Å²) in [5, 5.41) is 11.8. The highest BCUT2D eigenvalue weighted by molar-refractivity contribution is 5.76. The third-order valence-corrected chi connectivity index (χ3v) is 4.35. The van der Waals surface area contributed by atoms with Crippen LogP contribution in [0.25, 0.3) is 0 Å². The minimum Gasteiger partial charge on any atom is -0.394 e. The minimum absolute atomic E-state index is 0.0404. The molecule has 0 saturated carbocycles. The predicted molar refractivity (Wildman–Crippen MR) is 125 cm³/mol. The van der Waals surface area contributed by atoms with Crippen molar-refractivity contribution < 1.29 is 9.90 Å². The number of unbranched alkanes of at least 4 members (excludes halogenated alkanes) is 5. The standard InChI is InChI=1S/C13H27NO2.C12H20/c1-3-5-6-7-8-9-10-13(16)14-12(4-2)11-15;1-3-5-7-9-11-12-10-8-6-4-2/h12,15H,3-11H2,1-2H3,(H,14,16);5-8,11-12H,3-4,9-10H2,1-2H3/b;7-5-,8-6-,12-11-. The van der Waals surface area contributed by atoms with Crippen LogP contribution in [0.2, 0.25) is 0 Å². The minimum atomic E-state index is -0.0624. The van der Waals surface area contributed by atoms with Crippen LogP contribution in [-0.4, -0.2) is 23.7 Å². The lowest BCUT2D eigenvalue weighted by Crippen LogP contribution is -2.36. The molecule has 0 bridgehead atoms. The maximum atomic E-state index is 11.4. The first kappa shape index (κ1) is 28.9. The zero-order chi connectivity index (χ0) is 21.3. The van der Waals surface area contributed by atoms with E-state index < -0.39 is 0 Å². The fourth-order valence-corrected chi connectivity index (χ4v) is 2.52. The second kappa shape index (κ2) is 25.6. The number of hydrogen-bond donors (Lipinski definition) is 2. The molecule has 0 heterocycles. The molecule has 0 aliphatic carbocycles. The lowest BCUT2D eigenvalue weighted by molar-refractivity contribution is -0.122. The summed E-state index contributed by atoms with van der Waals surface area (Å²) in [6.07, 6.45) is 26.3. The number of carbonyl (C=O) groups is 1. The zero-order valence-corrected chi connectivity index (χ0v) is 19.1. The van der Waals surface area contributed by atoms with E-state index in [-0.39, 0.29) is 18.6 Å². The van der Waals surface area contributed by atoms with Crippen molar-refractivity contribution >= 4 is 5.91 Å². The van der Waals surface area contributed by atoms with Gasteiger partial charge in [-0.1, -0.05) is 96.3 Å². The Hall–Kier alpha value is -1.35. The number of nitrogens with one attached hydrogen (secondary N) is 1. The number of hydrogen-bond acceptors (Lipinski definition) is 2. The summed E-state index contributed by atoms with van der Waals surface area (Å²) in [5.41, 5.74) is 0. The van der Waals surface area contributed by atoms with E-state index >= 15 is 0 Å².